The maximum atomic E-state index is 12.2. The third-order valence-electron chi connectivity index (χ3n) is 3.95. The molecule has 0 saturated heterocycles. The smallest absolute Gasteiger partial charge is 0.407 e. The van der Waals surface area contributed by atoms with Crippen LogP contribution in [0.1, 0.15) is 26.3 Å². The molecule has 3 unspecified atom stereocenters. The van der Waals surface area contributed by atoms with E-state index < -0.39 is 41.7 Å². The molecule has 8 heteroatoms. The molecule has 1 amide bonds. The Balaban J connectivity index is 2.94. The molecular weight excluding hydrogens is 354 g/mol. The van der Waals surface area contributed by atoms with Crippen LogP contribution in [0.2, 0.25) is 0 Å². The molecule has 0 aliphatic heterocycles. The van der Waals surface area contributed by atoms with Crippen LogP contribution in [-0.2, 0) is 35.2 Å². The van der Waals surface area contributed by atoms with Crippen molar-refractivity contribution >= 4 is 23.8 Å². The van der Waals surface area contributed by atoms with E-state index in [0.717, 1.165) is 12.7 Å². The zero-order chi connectivity index (χ0) is 20.4. The first-order valence-electron chi connectivity index (χ1n) is 8.53. The zero-order valence-corrected chi connectivity index (χ0v) is 15.9. The summed E-state index contributed by atoms with van der Waals surface area (Å²) >= 11 is 0. The highest BCUT2D eigenvalue weighted by Crippen LogP contribution is 2.18. The van der Waals surface area contributed by atoms with Crippen LogP contribution in [0.3, 0.4) is 0 Å². The molecule has 8 nitrogen and oxygen atoms in total. The molecule has 0 aromatic heterocycles. The van der Waals surface area contributed by atoms with Gasteiger partial charge in [0.2, 0.25) is 0 Å². The Hall–Kier alpha value is -2.90. The van der Waals surface area contributed by atoms with E-state index in [9.17, 15) is 19.2 Å². The van der Waals surface area contributed by atoms with Crippen LogP contribution < -0.4 is 5.32 Å². The number of nitrogens with one attached hydrogen (secondary N) is 1. The van der Waals surface area contributed by atoms with E-state index in [-0.39, 0.29) is 13.2 Å². The first-order chi connectivity index (χ1) is 12.8. The number of ether oxygens (including phenoxy) is 3. The summed E-state index contributed by atoms with van der Waals surface area (Å²) in [6.45, 7) is 4.39. The van der Waals surface area contributed by atoms with Crippen molar-refractivity contribution in [1.29, 1.82) is 0 Å². The van der Waals surface area contributed by atoms with Gasteiger partial charge in [-0.2, -0.15) is 0 Å². The molecule has 0 heterocycles. The summed E-state index contributed by atoms with van der Waals surface area (Å²) in [5.74, 6) is -4.39. The maximum absolute atomic E-state index is 12.2. The Bertz CT molecular complexity index is 659. The fraction of sp³-hybridized carbons (Fsp3) is 0.474. The number of hydrogen-bond donors (Lipinski definition) is 1. The number of carbonyl (C=O) groups is 4. The number of ketones is 1. The molecule has 0 aliphatic rings. The fourth-order valence-electron chi connectivity index (χ4n) is 2.51. The van der Waals surface area contributed by atoms with Gasteiger partial charge in [-0.3, -0.25) is 14.4 Å². The minimum atomic E-state index is -1.36. The van der Waals surface area contributed by atoms with E-state index in [2.05, 4.69) is 10.1 Å². The van der Waals surface area contributed by atoms with Gasteiger partial charge in [-0.05, 0) is 26.3 Å². The number of amides is 1. The van der Waals surface area contributed by atoms with Crippen molar-refractivity contribution in [2.45, 2.75) is 33.4 Å². The number of rotatable bonds is 9. The van der Waals surface area contributed by atoms with Gasteiger partial charge in [0.05, 0.1) is 25.7 Å². The van der Waals surface area contributed by atoms with Gasteiger partial charge in [0.25, 0.3) is 0 Å². The number of esters is 2. The third kappa shape index (κ3) is 6.73. The predicted molar refractivity (Wildman–Crippen MR) is 95.5 cm³/mol. The molecule has 0 bridgehead atoms. The largest absolute Gasteiger partial charge is 0.468 e. The highest BCUT2D eigenvalue weighted by atomic mass is 16.6. The van der Waals surface area contributed by atoms with E-state index in [0.29, 0.717) is 0 Å². The number of Topliss-reactive ketones (excluding diaryl/α,β-unsaturated/α-hetero) is 1. The average molecular weight is 379 g/mol. The lowest BCUT2D eigenvalue weighted by Crippen LogP contribution is -2.52. The summed E-state index contributed by atoms with van der Waals surface area (Å²) in [5, 5.41) is 2.44. The van der Waals surface area contributed by atoms with E-state index in [1.807, 2.05) is 6.07 Å². The van der Waals surface area contributed by atoms with Crippen molar-refractivity contribution in [3.63, 3.8) is 0 Å². The number of hydrogen-bond acceptors (Lipinski definition) is 7. The molecule has 0 spiro atoms. The maximum Gasteiger partial charge on any atom is 0.407 e. The van der Waals surface area contributed by atoms with Crippen molar-refractivity contribution in [2.75, 3.05) is 13.7 Å². The quantitative estimate of drug-likeness (QED) is 0.396. The highest BCUT2D eigenvalue weighted by molar-refractivity contribution is 5.99. The van der Waals surface area contributed by atoms with E-state index in [1.54, 1.807) is 31.2 Å². The predicted octanol–water partition coefficient (Wildman–Crippen LogP) is 1.86. The molecule has 0 radical (unpaired) electrons. The Kier molecular flexibility index (Phi) is 8.98. The molecule has 148 valence electrons. The minimum absolute atomic E-state index is 0.00383. The molecule has 1 N–H and O–H groups in total. The number of benzene rings is 1. The lowest BCUT2D eigenvalue weighted by atomic mass is 9.86. The zero-order valence-electron chi connectivity index (χ0n) is 15.9. The van der Waals surface area contributed by atoms with Crippen LogP contribution in [-0.4, -0.2) is 43.6 Å². The molecule has 1 aromatic carbocycles. The van der Waals surface area contributed by atoms with Gasteiger partial charge < -0.3 is 19.5 Å². The number of methoxy groups -OCH3 is 1. The SMILES string of the molecule is CCOC(=O)C(C)C(NC(=O)OCc1ccccc1)C(C(C)=O)C(=O)OC. The minimum Gasteiger partial charge on any atom is -0.468 e. The van der Waals surface area contributed by atoms with Crippen LogP contribution in [0.25, 0.3) is 0 Å². The lowest BCUT2D eigenvalue weighted by Gasteiger charge is -2.28. The summed E-state index contributed by atoms with van der Waals surface area (Å²) in [5.41, 5.74) is 0.763. The van der Waals surface area contributed by atoms with Crippen LogP contribution >= 0.6 is 0 Å². The van der Waals surface area contributed by atoms with Crippen molar-refractivity contribution in [1.82, 2.24) is 5.32 Å². The standard InChI is InChI=1S/C19H25NO7/c1-5-26-17(22)12(2)16(15(13(3)21)18(23)25-4)20-19(24)27-11-14-9-7-6-8-10-14/h6-10,12,15-16H,5,11H2,1-4H3,(H,20,24). The summed E-state index contributed by atoms with van der Waals surface area (Å²) in [4.78, 5) is 48.3. The van der Waals surface area contributed by atoms with Gasteiger partial charge in [0.15, 0.2) is 0 Å². The second-order valence-corrected chi connectivity index (χ2v) is 5.88. The third-order valence-corrected chi connectivity index (χ3v) is 3.95. The van der Waals surface area contributed by atoms with Gasteiger partial charge in [-0.25, -0.2) is 4.79 Å². The van der Waals surface area contributed by atoms with Crippen molar-refractivity contribution < 1.29 is 33.4 Å². The molecular formula is C19H25NO7. The summed E-state index contributed by atoms with van der Waals surface area (Å²) in [6.07, 6.45) is -0.866. The first kappa shape index (κ1) is 22.1. The molecule has 0 fully saturated rings. The van der Waals surface area contributed by atoms with Gasteiger partial charge >= 0.3 is 18.0 Å². The Morgan fingerprint density at radius 3 is 2.19 bits per heavy atom. The molecule has 1 aromatic rings. The molecule has 0 aliphatic carbocycles. The lowest BCUT2D eigenvalue weighted by molar-refractivity contribution is -0.154. The summed E-state index contributed by atoms with van der Waals surface area (Å²) < 4.78 is 14.7. The van der Waals surface area contributed by atoms with Crippen LogP contribution in [0, 0.1) is 11.8 Å². The Morgan fingerprint density at radius 1 is 1.04 bits per heavy atom. The van der Waals surface area contributed by atoms with Gasteiger partial charge in [0, 0.05) is 0 Å². The van der Waals surface area contributed by atoms with E-state index in [4.69, 9.17) is 9.47 Å². The molecule has 1 rings (SSSR count). The molecule has 0 saturated carbocycles. The molecule has 27 heavy (non-hydrogen) atoms. The van der Waals surface area contributed by atoms with Gasteiger partial charge in [-0.1, -0.05) is 30.3 Å². The van der Waals surface area contributed by atoms with Crippen molar-refractivity contribution in [3.05, 3.63) is 35.9 Å². The summed E-state index contributed by atoms with van der Waals surface area (Å²) in [7, 11) is 1.12. The second kappa shape index (κ2) is 10.9. The van der Waals surface area contributed by atoms with Crippen LogP contribution in [0.4, 0.5) is 4.79 Å². The topological polar surface area (TPSA) is 108 Å². The first-order valence-corrected chi connectivity index (χ1v) is 8.53. The fourth-order valence-corrected chi connectivity index (χ4v) is 2.51. The van der Waals surface area contributed by atoms with Gasteiger partial charge in [0.1, 0.15) is 18.3 Å². The van der Waals surface area contributed by atoms with Crippen molar-refractivity contribution in [2.24, 2.45) is 11.8 Å². The molecule has 3 atom stereocenters. The van der Waals surface area contributed by atoms with E-state index >= 15 is 0 Å². The second-order valence-electron chi connectivity index (χ2n) is 5.88. The van der Waals surface area contributed by atoms with Gasteiger partial charge in [-0.15, -0.1) is 0 Å². The van der Waals surface area contributed by atoms with Crippen LogP contribution in [0.5, 0.6) is 0 Å². The van der Waals surface area contributed by atoms with Crippen molar-refractivity contribution in [3.8, 4) is 0 Å². The normalized spacial score (nSPS) is 13.6. The summed E-state index contributed by atoms with van der Waals surface area (Å²) in [6, 6.07) is 7.81. The Morgan fingerprint density at radius 2 is 1.67 bits per heavy atom. The average Bonchev–Trinajstić information content (AvgIpc) is 2.65. The van der Waals surface area contributed by atoms with E-state index in [1.165, 1.54) is 13.8 Å². The highest BCUT2D eigenvalue weighted by Gasteiger charge is 2.41. The monoisotopic (exact) mass is 379 g/mol. The number of alkyl carbamates (subject to hydrolysis) is 1. The number of carbonyl (C=O) groups excluding carboxylic acids is 4. The Labute approximate surface area is 158 Å². The van der Waals surface area contributed by atoms with Crippen LogP contribution in [0.15, 0.2) is 30.3 Å².